The van der Waals surface area contributed by atoms with Crippen LogP contribution < -0.4 is 0 Å². The van der Waals surface area contributed by atoms with Gasteiger partial charge in [-0.05, 0) is 7.05 Å². The van der Waals surface area contributed by atoms with Crippen molar-refractivity contribution in [1.29, 1.82) is 0 Å². The average Bonchev–Trinajstić information content (AvgIpc) is 2.11. The third-order valence-corrected chi connectivity index (χ3v) is 3.52. The zero-order chi connectivity index (χ0) is 11.2. The minimum Gasteiger partial charge on any atom is -0.480 e. The van der Waals surface area contributed by atoms with Crippen LogP contribution in [0.25, 0.3) is 0 Å². The van der Waals surface area contributed by atoms with Gasteiger partial charge in [0.1, 0.15) is 5.88 Å². The van der Waals surface area contributed by atoms with E-state index in [2.05, 4.69) is 0 Å². The zero-order valence-corrected chi connectivity index (χ0v) is 9.51. The molecule has 84 valence electrons. The number of carbonyl (C=O) groups is 1. The van der Waals surface area contributed by atoms with E-state index in [1.165, 1.54) is 0 Å². The quantitative estimate of drug-likeness (QED) is 0.638. The van der Waals surface area contributed by atoms with Crippen molar-refractivity contribution < 1.29 is 18.3 Å². The topological polar surface area (TPSA) is 74.7 Å². The number of halogens is 1. The highest BCUT2D eigenvalue weighted by Gasteiger charge is 2.17. The second-order valence-corrected chi connectivity index (χ2v) is 5.55. The van der Waals surface area contributed by atoms with Crippen LogP contribution >= 0.6 is 11.6 Å². The predicted octanol–water partition coefficient (Wildman–Crippen LogP) is -0.344. The Bertz CT molecular complexity index is 263. The maximum absolute atomic E-state index is 10.8. The molecular weight excluding hydrogens is 230 g/mol. The zero-order valence-electron chi connectivity index (χ0n) is 7.94. The molecule has 0 bridgehead atoms. The second kappa shape index (κ2) is 6.21. The monoisotopic (exact) mass is 243 g/mol. The molecule has 7 heteroatoms. The van der Waals surface area contributed by atoms with Gasteiger partial charge in [0.15, 0.2) is 9.84 Å². The Morgan fingerprint density at radius 1 is 1.43 bits per heavy atom. The predicted molar refractivity (Wildman–Crippen MR) is 54.5 cm³/mol. The lowest BCUT2D eigenvalue weighted by molar-refractivity contribution is -0.134. The standard InChI is InChI=1S/C5H11NO2S.C2H3ClO2/c1-6-2-4-9(7,8)5-3-6;3-1-2(4)5/h2-5H2,1H3;1H2,(H,4,5). The summed E-state index contributed by atoms with van der Waals surface area (Å²) in [5, 5.41) is 7.59. The first-order valence-electron chi connectivity index (χ1n) is 4.04. The SMILES string of the molecule is CN1CCS(=O)(=O)CC1.O=C(O)CCl. The lowest BCUT2D eigenvalue weighted by Gasteiger charge is -2.21. The highest BCUT2D eigenvalue weighted by Crippen LogP contribution is 1.99. The van der Waals surface area contributed by atoms with Gasteiger partial charge in [0.2, 0.25) is 0 Å². The van der Waals surface area contributed by atoms with Gasteiger partial charge in [-0.2, -0.15) is 0 Å². The number of hydrogen-bond donors (Lipinski definition) is 1. The van der Waals surface area contributed by atoms with Crippen molar-refractivity contribution in [2.75, 3.05) is 37.5 Å². The summed E-state index contributed by atoms with van der Waals surface area (Å²) in [5.41, 5.74) is 0. The minimum absolute atomic E-state index is 0.306. The summed E-state index contributed by atoms with van der Waals surface area (Å²) in [6, 6.07) is 0. The molecule has 14 heavy (non-hydrogen) atoms. The Kier molecular flexibility index (Phi) is 6.06. The Hall–Kier alpha value is -0.330. The third kappa shape index (κ3) is 7.11. The molecule has 0 unspecified atom stereocenters. The van der Waals surface area contributed by atoms with E-state index < -0.39 is 15.8 Å². The molecule has 0 saturated carbocycles. The first-order chi connectivity index (χ1) is 6.37. The third-order valence-electron chi connectivity index (χ3n) is 1.68. The van der Waals surface area contributed by atoms with Crippen LogP contribution in [-0.4, -0.2) is 61.9 Å². The van der Waals surface area contributed by atoms with Crippen LogP contribution in [-0.2, 0) is 14.6 Å². The van der Waals surface area contributed by atoms with Crippen molar-refractivity contribution in [3.63, 3.8) is 0 Å². The summed E-state index contributed by atoms with van der Waals surface area (Å²) in [4.78, 5) is 11.3. The lowest BCUT2D eigenvalue weighted by Crippen LogP contribution is -2.37. The molecule has 0 amide bonds. The van der Waals surface area contributed by atoms with Gasteiger partial charge in [-0.15, -0.1) is 11.6 Å². The maximum Gasteiger partial charge on any atom is 0.318 e. The van der Waals surface area contributed by atoms with Crippen molar-refractivity contribution >= 4 is 27.4 Å². The van der Waals surface area contributed by atoms with Crippen LogP contribution in [0.3, 0.4) is 0 Å². The van der Waals surface area contributed by atoms with E-state index in [9.17, 15) is 13.2 Å². The lowest BCUT2D eigenvalue weighted by atomic mass is 10.6. The highest BCUT2D eigenvalue weighted by atomic mass is 35.5. The summed E-state index contributed by atoms with van der Waals surface area (Å²) >= 11 is 4.74. The number of nitrogens with zero attached hydrogens (tertiary/aromatic N) is 1. The molecular formula is C7H14ClNO4S. The van der Waals surface area contributed by atoms with Crippen LogP contribution in [0, 0.1) is 0 Å². The van der Waals surface area contributed by atoms with E-state index in [0.717, 1.165) is 0 Å². The van der Waals surface area contributed by atoms with Gasteiger partial charge in [0.25, 0.3) is 0 Å². The minimum atomic E-state index is -2.66. The van der Waals surface area contributed by atoms with E-state index in [-0.39, 0.29) is 5.88 Å². The van der Waals surface area contributed by atoms with Crippen molar-refractivity contribution in [2.45, 2.75) is 0 Å². The summed E-state index contributed by atoms with van der Waals surface area (Å²) in [7, 11) is -0.718. The Balaban J connectivity index is 0.000000292. The van der Waals surface area contributed by atoms with E-state index >= 15 is 0 Å². The number of carboxylic acids is 1. The molecule has 1 heterocycles. The smallest absolute Gasteiger partial charge is 0.318 e. The van der Waals surface area contributed by atoms with Crippen LogP contribution in [0.5, 0.6) is 0 Å². The molecule has 0 aromatic heterocycles. The summed E-state index contributed by atoms with van der Waals surface area (Å²) in [5.74, 6) is -0.612. The van der Waals surface area contributed by atoms with Gasteiger partial charge < -0.3 is 10.0 Å². The second-order valence-electron chi connectivity index (χ2n) is 2.98. The summed E-state index contributed by atoms with van der Waals surface area (Å²) in [6.45, 7) is 1.39. The average molecular weight is 244 g/mol. The first kappa shape index (κ1) is 13.7. The van der Waals surface area contributed by atoms with Gasteiger partial charge in [0.05, 0.1) is 11.5 Å². The first-order valence-corrected chi connectivity index (χ1v) is 6.39. The molecule has 0 radical (unpaired) electrons. The Labute approximate surface area is 88.6 Å². The fourth-order valence-electron chi connectivity index (χ4n) is 0.804. The van der Waals surface area contributed by atoms with Crippen molar-refractivity contribution in [3.05, 3.63) is 0 Å². The van der Waals surface area contributed by atoms with Gasteiger partial charge in [0, 0.05) is 13.1 Å². The van der Waals surface area contributed by atoms with Crippen molar-refractivity contribution in [1.82, 2.24) is 4.90 Å². The molecule has 1 aliphatic rings. The van der Waals surface area contributed by atoms with Crippen LogP contribution in [0.15, 0.2) is 0 Å². The van der Waals surface area contributed by atoms with Crippen LogP contribution in [0.1, 0.15) is 0 Å². The molecule has 1 aliphatic heterocycles. The molecule has 1 N–H and O–H groups in total. The molecule has 0 aromatic carbocycles. The Morgan fingerprint density at radius 3 is 2.00 bits per heavy atom. The molecule has 0 spiro atoms. The Morgan fingerprint density at radius 2 is 1.79 bits per heavy atom. The molecule has 1 fully saturated rings. The molecule has 5 nitrogen and oxygen atoms in total. The maximum atomic E-state index is 10.8. The van der Waals surface area contributed by atoms with E-state index in [4.69, 9.17) is 16.7 Å². The van der Waals surface area contributed by atoms with E-state index in [1.807, 2.05) is 11.9 Å². The largest absolute Gasteiger partial charge is 0.480 e. The highest BCUT2D eigenvalue weighted by molar-refractivity contribution is 7.91. The molecule has 1 saturated heterocycles. The molecule has 0 aliphatic carbocycles. The number of aliphatic carboxylic acids is 1. The van der Waals surface area contributed by atoms with Gasteiger partial charge in [-0.3, -0.25) is 4.79 Å². The normalized spacial score (nSPS) is 20.7. The van der Waals surface area contributed by atoms with Crippen LogP contribution in [0.4, 0.5) is 0 Å². The van der Waals surface area contributed by atoms with Gasteiger partial charge >= 0.3 is 5.97 Å². The fourth-order valence-corrected chi connectivity index (χ4v) is 2.19. The summed E-state index contributed by atoms with van der Waals surface area (Å²) < 4.78 is 21.5. The van der Waals surface area contributed by atoms with Crippen LogP contribution in [0.2, 0.25) is 0 Å². The summed E-state index contributed by atoms with van der Waals surface area (Å²) in [6.07, 6.45) is 0. The van der Waals surface area contributed by atoms with E-state index in [1.54, 1.807) is 0 Å². The van der Waals surface area contributed by atoms with E-state index in [0.29, 0.717) is 24.6 Å². The van der Waals surface area contributed by atoms with Gasteiger partial charge in [-0.1, -0.05) is 0 Å². The number of hydrogen-bond acceptors (Lipinski definition) is 4. The van der Waals surface area contributed by atoms with Crippen molar-refractivity contribution in [3.8, 4) is 0 Å². The number of rotatable bonds is 1. The number of sulfone groups is 1. The molecule has 0 aromatic rings. The van der Waals surface area contributed by atoms with Crippen molar-refractivity contribution in [2.24, 2.45) is 0 Å². The van der Waals surface area contributed by atoms with Gasteiger partial charge in [-0.25, -0.2) is 8.42 Å². The molecule has 1 rings (SSSR count). The molecule has 0 atom stereocenters. The number of carboxylic acid groups (broad SMARTS) is 1. The fraction of sp³-hybridized carbons (Fsp3) is 0.857. The number of alkyl halides is 1.